The predicted octanol–water partition coefficient (Wildman–Crippen LogP) is 1.15. The normalized spacial score (nSPS) is 36.9. The largest absolute Gasteiger partial charge is 0.462 e. The Hall–Kier alpha value is -1.09. The summed E-state index contributed by atoms with van der Waals surface area (Å²) < 4.78 is 5.06. The summed E-state index contributed by atoms with van der Waals surface area (Å²) in [6.07, 6.45) is 6.64. The molecule has 0 amide bonds. The lowest BCUT2D eigenvalue weighted by Crippen LogP contribution is -2.27. The van der Waals surface area contributed by atoms with Crippen LogP contribution in [0.15, 0.2) is 24.8 Å². The van der Waals surface area contributed by atoms with E-state index in [1.165, 1.54) is 6.08 Å². The molecule has 2 aliphatic rings. The molecule has 1 N–H and O–H groups in total. The summed E-state index contributed by atoms with van der Waals surface area (Å²) in [7, 11) is 0. The fourth-order valence-corrected chi connectivity index (χ4v) is 2.78. The Morgan fingerprint density at radius 3 is 2.73 bits per heavy atom. The molecule has 0 heterocycles. The van der Waals surface area contributed by atoms with Gasteiger partial charge in [-0.15, -0.1) is 0 Å². The number of fused-ring (bicyclic) bond motifs is 2. The van der Waals surface area contributed by atoms with E-state index in [-0.39, 0.29) is 24.4 Å². The predicted molar refractivity (Wildman–Crippen MR) is 56.0 cm³/mol. The molecule has 2 rings (SSSR count). The molecule has 4 atom stereocenters. The molecule has 1 fully saturated rings. The van der Waals surface area contributed by atoms with Crippen LogP contribution < -0.4 is 0 Å². The molecule has 15 heavy (non-hydrogen) atoms. The Morgan fingerprint density at radius 2 is 2.13 bits per heavy atom. The first-order valence-electron chi connectivity index (χ1n) is 5.34. The summed E-state index contributed by atoms with van der Waals surface area (Å²) >= 11 is 0. The summed E-state index contributed by atoms with van der Waals surface area (Å²) in [6, 6.07) is 0. The molecule has 0 radical (unpaired) electrons. The average Bonchev–Trinajstić information content (AvgIpc) is 2.85. The van der Waals surface area contributed by atoms with Crippen LogP contribution in [0.3, 0.4) is 0 Å². The van der Waals surface area contributed by atoms with Gasteiger partial charge in [-0.05, 0) is 24.2 Å². The Kier molecular flexibility index (Phi) is 2.91. The molecule has 1 saturated carbocycles. The highest BCUT2D eigenvalue weighted by Gasteiger charge is 2.44. The van der Waals surface area contributed by atoms with Crippen LogP contribution in [0.4, 0.5) is 0 Å². The molecule has 3 heteroatoms. The van der Waals surface area contributed by atoms with Gasteiger partial charge in [-0.2, -0.15) is 0 Å². The highest BCUT2D eigenvalue weighted by Crippen LogP contribution is 2.47. The lowest BCUT2D eigenvalue weighted by molar-refractivity contribution is -0.140. The molecule has 0 aromatic carbocycles. The summed E-state index contributed by atoms with van der Waals surface area (Å²) in [4.78, 5) is 10.9. The molecule has 3 nitrogen and oxygen atoms in total. The van der Waals surface area contributed by atoms with Gasteiger partial charge in [0.05, 0.1) is 6.61 Å². The maximum absolute atomic E-state index is 10.9. The molecular formula is C12H16O3. The first-order chi connectivity index (χ1) is 7.26. The summed E-state index contributed by atoms with van der Waals surface area (Å²) in [5.74, 6) is 1.13. The first-order valence-corrected chi connectivity index (χ1v) is 5.34. The highest BCUT2D eigenvalue weighted by molar-refractivity contribution is 5.81. The SMILES string of the molecule is C=CC(=O)OCC1C2C=CC(C2)C1CO. The van der Waals surface area contributed by atoms with Gasteiger partial charge in [0.25, 0.3) is 0 Å². The van der Waals surface area contributed by atoms with E-state index in [2.05, 4.69) is 18.7 Å². The second-order valence-electron chi connectivity index (χ2n) is 4.29. The van der Waals surface area contributed by atoms with Crippen LogP contribution in [0.25, 0.3) is 0 Å². The highest BCUT2D eigenvalue weighted by atomic mass is 16.5. The minimum atomic E-state index is -0.376. The number of rotatable bonds is 4. The molecule has 0 saturated heterocycles. The molecule has 2 bridgehead atoms. The number of allylic oxidation sites excluding steroid dienone is 2. The van der Waals surface area contributed by atoms with E-state index in [4.69, 9.17) is 4.74 Å². The second-order valence-corrected chi connectivity index (χ2v) is 4.29. The fraction of sp³-hybridized carbons (Fsp3) is 0.583. The molecule has 0 aliphatic heterocycles. The maximum Gasteiger partial charge on any atom is 0.330 e. The van der Waals surface area contributed by atoms with Gasteiger partial charge in [0, 0.05) is 18.6 Å². The van der Waals surface area contributed by atoms with Crippen molar-refractivity contribution >= 4 is 5.97 Å². The van der Waals surface area contributed by atoms with Crippen molar-refractivity contribution in [1.82, 2.24) is 0 Å². The molecule has 0 aromatic heterocycles. The third kappa shape index (κ3) is 1.84. The summed E-state index contributed by atoms with van der Waals surface area (Å²) in [5.41, 5.74) is 0. The van der Waals surface area contributed by atoms with Crippen molar-refractivity contribution in [2.75, 3.05) is 13.2 Å². The van der Waals surface area contributed by atoms with Gasteiger partial charge in [0.15, 0.2) is 0 Å². The smallest absolute Gasteiger partial charge is 0.330 e. The average molecular weight is 208 g/mol. The van der Waals surface area contributed by atoms with Crippen molar-refractivity contribution in [3.05, 3.63) is 24.8 Å². The third-order valence-corrected chi connectivity index (χ3v) is 3.60. The number of ether oxygens (including phenoxy) is 1. The maximum atomic E-state index is 10.9. The number of hydrogen-bond acceptors (Lipinski definition) is 3. The van der Waals surface area contributed by atoms with Crippen LogP contribution in [0.5, 0.6) is 0 Å². The zero-order chi connectivity index (χ0) is 10.8. The number of esters is 1. The van der Waals surface area contributed by atoms with E-state index in [0.29, 0.717) is 18.4 Å². The number of aliphatic hydroxyl groups is 1. The van der Waals surface area contributed by atoms with Gasteiger partial charge in [-0.25, -0.2) is 4.79 Å². The quantitative estimate of drug-likeness (QED) is 0.428. The van der Waals surface area contributed by atoms with Crippen LogP contribution in [0.1, 0.15) is 6.42 Å². The topological polar surface area (TPSA) is 46.5 Å². The van der Waals surface area contributed by atoms with Gasteiger partial charge < -0.3 is 9.84 Å². The number of hydrogen-bond donors (Lipinski definition) is 1. The number of aliphatic hydroxyl groups excluding tert-OH is 1. The van der Waals surface area contributed by atoms with Crippen LogP contribution in [0.2, 0.25) is 0 Å². The van der Waals surface area contributed by atoms with Gasteiger partial charge in [-0.1, -0.05) is 18.7 Å². The van der Waals surface area contributed by atoms with Crippen LogP contribution >= 0.6 is 0 Å². The van der Waals surface area contributed by atoms with Crippen molar-refractivity contribution < 1.29 is 14.6 Å². The van der Waals surface area contributed by atoms with Crippen LogP contribution in [-0.4, -0.2) is 24.3 Å². The Morgan fingerprint density at radius 1 is 1.47 bits per heavy atom. The van der Waals surface area contributed by atoms with Gasteiger partial charge in [-0.3, -0.25) is 0 Å². The van der Waals surface area contributed by atoms with Crippen molar-refractivity contribution in [2.24, 2.45) is 23.7 Å². The van der Waals surface area contributed by atoms with Crippen molar-refractivity contribution in [3.63, 3.8) is 0 Å². The van der Waals surface area contributed by atoms with E-state index < -0.39 is 0 Å². The van der Waals surface area contributed by atoms with E-state index in [1.807, 2.05) is 0 Å². The molecule has 0 spiro atoms. The van der Waals surface area contributed by atoms with Crippen molar-refractivity contribution in [3.8, 4) is 0 Å². The molecule has 82 valence electrons. The molecule has 0 aromatic rings. The minimum absolute atomic E-state index is 0.182. The molecule has 4 unspecified atom stereocenters. The van der Waals surface area contributed by atoms with Crippen molar-refractivity contribution in [1.29, 1.82) is 0 Å². The fourth-order valence-electron chi connectivity index (χ4n) is 2.78. The number of carbonyl (C=O) groups is 1. The minimum Gasteiger partial charge on any atom is -0.462 e. The van der Waals surface area contributed by atoms with Gasteiger partial charge in [0.2, 0.25) is 0 Å². The standard InChI is InChI=1S/C12H16O3/c1-2-12(14)15-7-11-9-4-3-8(5-9)10(11)6-13/h2-4,8-11,13H,1,5-7H2. The van der Waals surface area contributed by atoms with E-state index in [0.717, 1.165) is 6.42 Å². The Labute approximate surface area is 89.4 Å². The van der Waals surface area contributed by atoms with Crippen molar-refractivity contribution in [2.45, 2.75) is 6.42 Å². The van der Waals surface area contributed by atoms with Crippen LogP contribution in [-0.2, 0) is 9.53 Å². The molecular weight excluding hydrogens is 192 g/mol. The zero-order valence-corrected chi connectivity index (χ0v) is 8.63. The Bertz CT molecular complexity index is 295. The third-order valence-electron chi connectivity index (χ3n) is 3.60. The summed E-state index contributed by atoms with van der Waals surface area (Å²) in [6.45, 7) is 3.94. The zero-order valence-electron chi connectivity index (χ0n) is 8.63. The van der Waals surface area contributed by atoms with Gasteiger partial charge >= 0.3 is 5.97 Å². The van der Waals surface area contributed by atoms with E-state index in [1.54, 1.807) is 0 Å². The van der Waals surface area contributed by atoms with Crippen LogP contribution in [0, 0.1) is 23.7 Å². The summed E-state index contributed by atoms with van der Waals surface area (Å²) in [5, 5.41) is 9.29. The lowest BCUT2D eigenvalue weighted by Gasteiger charge is -2.25. The second kappa shape index (κ2) is 4.19. The first kappa shape index (κ1) is 10.4. The lowest BCUT2D eigenvalue weighted by atomic mass is 9.84. The number of carbonyl (C=O) groups excluding carboxylic acids is 1. The molecule has 2 aliphatic carbocycles. The van der Waals surface area contributed by atoms with E-state index >= 15 is 0 Å². The monoisotopic (exact) mass is 208 g/mol. The van der Waals surface area contributed by atoms with Gasteiger partial charge in [0.1, 0.15) is 0 Å². The van der Waals surface area contributed by atoms with E-state index in [9.17, 15) is 9.90 Å². The Balaban J connectivity index is 1.94.